The van der Waals surface area contributed by atoms with E-state index in [1.807, 2.05) is 0 Å². The van der Waals surface area contributed by atoms with E-state index in [2.05, 4.69) is 23.6 Å². The highest BCUT2D eigenvalue weighted by molar-refractivity contribution is 7.18. The highest BCUT2D eigenvalue weighted by atomic mass is 32.1. The molecule has 142 valence electrons. The van der Waals surface area contributed by atoms with Gasteiger partial charge in [0.25, 0.3) is 0 Å². The molecule has 1 saturated heterocycles. The fourth-order valence-corrected chi connectivity index (χ4v) is 4.82. The Morgan fingerprint density at radius 1 is 1.23 bits per heavy atom. The second kappa shape index (κ2) is 7.76. The molecule has 6 nitrogen and oxygen atoms in total. The number of aliphatic hydroxyl groups is 1. The number of aryl methyl sites for hydroxylation is 2. The van der Waals surface area contributed by atoms with Crippen molar-refractivity contribution in [1.82, 2.24) is 14.9 Å². The van der Waals surface area contributed by atoms with E-state index >= 15 is 0 Å². The summed E-state index contributed by atoms with van der Waals surface area (Å²) in [6.07, 6.45) is 3.64. The van der Waals surface area contributed by atoms with Crippen molar-refractivity contribution in [3.05, 3.63) is 16.3 Å². The predicted octanol–water partition coefficient (Wildman–Crippen LogP) is 2.49. The van der Waals surface area contributed by atoms with Crippen molar-refractivity contribution in [3.8, 4) is 0 Å². The first kappa shape index (κ1) is 18.1. The van der Waals surface area contributed by atoms with Crippen LogP contribution in [0.15, 0.2) is 0 Å². The molecule has 0 amide bonds. The highest BCUT2D eigenvalue weighted by Gasteiger charge is 2.29. The maximum absolute atomic E-state index is 9.64. The Bertz CT molecular complexity index is 768. The normalized spacial score (nSPS) is 19.0. The highest BCUT2D eigenvalue weighted by Crippen LogP contribution is 2.38. The van der Waals surface area contributed by atoms with Crippen LogP contribution in [0.1, 0.15) is 35.5 Å². The molecular weight excluding hydrogens is 348 g/mol. The zero-order valence-corrected chi connectivity index (χ0v) is 16.5. The third kappa shape index (κ3) is 3.45. The molecular formula is C19H28N4O2S. The van der Waals surface area contributed by atoms with E-state index < -0.39 is 0 Å². The van der Waals surface area contributed by atoms with Gasteiger partial charge in [0.05, 0.1) is 31.8 Å². The number of hydrogen-bond acceptors (Lipinski definition) is 7. The minimum absolute atomic E-state index is 0.156. The van der Waals surface area contributed by atoms with Crippen LogP contribution >= 0.6 is 11.3 Å². The molecule has 26 heavy (non-hydrogen) atoms. The van der Waals surface area contributed by atoms with Gasteiger partial charge >= 0.3 is 0 Å². The van der Waals surface area contributed by atoms with Gasteiger partial charge < -0.3 is 14.7 Å². The number of morpholine rings is 1. The summed E-state index contributed by atoms with van der Waals surface area (Å²) in [5.74, 6) is 1.91. The van der Waals surface area contributed by atoms with Crippen LogP contribution in [0.4, 0.5) is 5.82 Å². The van der Waals surface area contributed by atoms with E-state index in [0.29, 0.717) is 12.6 Å². The van der Waals surface area contributed by atoms with E-state index in [-0.39, 0.29) is 6.61 Å². The molecule has 0 bridgehead atoms. The molecule has 2 aliphatic rings. The van der Waals surface area contributed by atoms with Gasteiger partial charge in [-0.15, -0.1) is 11.3 Å². The fourth-order valence-electron chi connectivity index (χ4n) is 3.78. The van der Waals surface area contributed by atoms with Crippen LogP contribution in [0.3, 0.4) is 0 Å². The second-order valence-corrected chi connectivity index (χ2v) is 8.52. The number of ether oxygens (including phenoxy) is 1. The molecule has 2 aromatic heterocycles. The van der Waals surface area contributed by atoms with Crippen molar-refractivity contribution in [3.63, 3.8) is 0 Å². The Morgan fingerprint density at radius 3 is 2.65 bits per heavy atom. The number of aliphatic hydroxyl groups excluding tert-OH is 1. The summed E-state index contributed by atoms with van der Waals surface area (Å²) in [6.45, 7) is 9.32. The van der Waals surface area contributed by atoms with Gasteiger partial charge in [-0.3, -0.25) is 4.90 Å². The average molecular weight is 377 g/mol. The van der Waals surface area contributed by atoms with Crippen molar-refractivity contribution in [2.24, 2.45) is 0 Å². The van der Waals surface area contributed by atoms with Crippen LogP contribution in [0.2, 0.25) is 0 Å². The topological polar surface area (TPSA) is 61.7 Å². The number of aromatic nitrogens is 2. The van der Waals surface area contributed by atoms with Crippen LogP contribution in [0.5, 0.6) is 0 Å². The van der Waals surface area contributed by atoms with E-state index in [9.17, 15) is 5.11 Å². The van der Waals surface area contributed by atoms with Gasteiger partial charge in [-0.05, 0) is 38.7 Å². The van der Waals surface area contributed by atoms with Crippen molar-refractivity contribution >= 4 is 27.4 Å². The van der Waals surface area contributed by atoms with Crippen LogP contribution < -0.4 is 4.90 Å². The minimum Gasteiger partial charge on any atom is -0.395 e. The summed E-state index contributed by atoms with van der Waals surface area (Å²) in [5.41, 5.74) is 1.28. The minimum atomic E-state index is 0.156. The maximum atomic E-state index is 9.64. The van der Waals surface area contributed by atoms with Crippen LogP contribution in [-0.4, -0.2) is 65.5 Å². The van der Waals surface area contributed by atoms with Crippen LogP contribution in [0, 0.1) is 13.8 Å². The molecule has 1 N–H and O–H groups in total. The number of thiophene rings is 1. The predicted molar refractivity (Wildman–Crippen MR) is 105 cm³/mol. The number of fused-ring (bicyclic) bond motifs is 1. The Morgan fingerprint density at radius 2 is 2.00 bits per heavy atom. The third-order valence-corrected chi connectivity index (χ3v) is 6.75. The van der Waals surface area contributed by atoms with Crippen molar-refractivity contribution < 1.29 is 9.84 Å². The number of rotatable bonds is 6. The first-order chi connectivity index (χ1) is 12.7. The Kier molecular flexibility index (Phi) is 5.40. The zero-order chi connectivity index (χ0) is 18.1. The lowest BCUT2D eigenvalue weighted by atomic mass is 9.91. The van der Waals surface area contributed by atoms with E-state index in [1.165, 1.54) is 35.1 Å². The van der Waals surface area contributed by atoms with E-state index in [1.54, 1.807) is 11.3 Å². The molecule has 4 rings (SSSR count). The van der Waals surface area contributed by atoms with Gasteiger partial charge in [0.1, 0.15) is 16.5 Å². The number of anilines is 1. The lowest BCUT2D eigenvalue weighted by Crippen LogP contribution is -2.43. The summed E-state index contributed by atoms with van der Waals surface area (Å²) < 4.78 is 5.46. The standard InChI is InChI=1S/C19H28N4O2S/c1-13-14(2)26-19-17(13)18(23(6-9-24)15-4-3-5-15)20-16(21-19)12-22-7-10-25-11-8-22/h15,24H,3-12H2,1-2H3. The quantitative estimate of drug-likeness (QED) is 0.836. The van der Waals surface area contributed by atoms with Gasteiger partial charge in [-0.25, -0.2) is 9.97 Å². The zero-order valence-electron chi connectivity index (χ0n) is 15.7. The van der Waals surface area contributed by atoms with Gasteiger partial charge in [0.2, 0.25) is 0 Å². The molecule has 2 fully saturated rings. The molecule has 7 heteroatoms. The maximum Gasteiger partial charge on any atom is 0.146 e. The Balaban J connectivity index is 1.74. The molecule has 1 aliphatic heterocycles. The van der Waals surface area contributed by atoms with Crippen molar-refractivity contribution in [2.45, 2.75) is 45.7 Å². The molecule has 0 unspecified atom stereocenters. The largest absolute Gasteiger partial charge is 0.395 e. The smallest absolute Gasteiger partial charge is 0.146 e. The molecule has 1 aliphatic carbocycles. The molecule has 0 radical (unpaired) electrons. The summed E-state index contributed by atoms with van der Waals surface area (Å²) in [7, 11) is 0. The summed E-state index contributed by atoms with van der Waals surface area (Å²) in [6, 6.07) is 0.496. The lowest BCUT2D eigenvalue weighted by Gasteiger charge is -2.38. The first-order valence-electron chi connectivity index (χ1n) is 9.61. The van der Waals surface area contributed by atoms with Crippen molar-refractivity contribution in [1.29, 1.82) is 0 Å². The van der Waals surface area contributed by atoms with Gasteiger partial charge in [-0.2, -0.15) is 0 Å². The van der Waals surface area contributed by atoms with Gasteiger partial charge in [0, 0.05) is 30.6 Å². The Hall–Kier alpha value is -1.28. The van der Waals surface area contributed by atoms with Gasteiger partial charge in [0.15, 0.2) is 0 Å². The lowest BCUT2D eigenvalue weighted by molar-refractivity contribution is 0.0331. The number of hydrogen-bond donors (Lipinski definition) is 1. The average Bonchev–Trinajstić information content (AvgIpc) is 2.87. The van der Waals surface area contributed by atoms with Crippen LogP contribution in [0.25, 0.3) is 10.2 Å². The van der Waals surface area contributed by atoms with Crippen molar-refractivity contribution in [2.75, 3.05) is 44.4 Å². The molecule has 0 aromatic carbocycles. The third-order valence-electron chi connectivity index (χ3n) is 5.65. The molecule has 0 spiro atoms. The van der Waals surface area contributed by atoms with E-state index in [4.69, 9.17) is 14.7 Å². The fraction of sp³-hybridized carbons (Fsp3) is 0.684. The van der Waals surface area contributed by atoms with E-state index in [0.717, 1.165) is 49.3 Å². The van der Waals surface area contributed by atoms with Gasteiger partial charge in [-0.1, -0.05) is 0 Å². The monoisotopic (exact) mass is 376 g/mol. The SMILES string of the molecule is Cc1sc2nc(CN3CCOCC3)nc(N(CCO)C3CCC3)c2c1C. The second-order valence-electron chi connectivity index (χ2n) is 7.32. The molecule has 1 saturated carbocycles. The molecule has 0 atom stereocenters. The van der Waals surface area contributed by atoms with Crippen LogP contribution in [-0.2, 0) is 11.3 Å². The molecule has 3 heterocycles. The summed E-state index contributed by atoms with van der Waals surface area (Å²) in [5, 5.41) is 10.8. The Labute approximate surface area is 158 Å². The summed E-state index contributed by atoms with van der Waals surface area (Å²) in [4.78, 5) is 17.0. The summed E-state index contributed by atoms with van der Waals surface area (Å²) >= 11 is 1.76. The number of nitrogens with zero attached hydrogens (tertiary/aromatic N) is 4. The molecule has 2 aromatic rings. The first-order valence-corrected chi connectivity index (χ1v) is 10.4.